The summed E-state index contributed by atoms with van der Waals surface area (Å²) in [5.41, 5.74) is -0.686. The zero-order chi connectivity index (χ0) is 28.9. The number of methoxy groups -OCH3 is 2. The number of nitrogens with one attached hydrogen (secondary N) is 3. The number of hydrogen-bond acceptors (Lipinski definition) is 9. The molecule has 12 heteroatoms. The lowest BCUT2D eigenvalue weighted by Gasteiger charge is -2.17. The van der Waals surface area contributed by atoms with Crippen LogP contribution in [0, 0.1) is 16.7 Å². The predicted octanol–water partition coefficient (Wildman–Crippen LogP) is 4.03. The Kier molecular flexibility index (Phi) is 8.27. The number of benzene rings is 3. The van der Waals surface area contributed by atoms with Crippen molar-refractivity contribution in [3.63, 3.8) is 0 Å². The summed E-state index contributed by atoms with van der Waals surface area (Å²) < 4.78 is 10.0. The molecule has 0 heterocycles. The van der Waals surface area contributed by atoms with Gasteiger partial charge in [0, 0.05) is 22.4 Å². The van der Waals surface area contributed by atoms with Gasteiger partial charge in [0.25, 0.3) is 5.91 Å². The second-order valence-electron chi connectivity index (χ2n) is 8.01. The second kappa shape index (κ2) is 11.6. The fourth-order valence-corrected chi connectivity index (χ4v) is 3.67. The molecule has 0 aliphatic carbocycles. The van der Waals surface area contributed by atoms with Crippen molar-refractivity contribution in [3.05, 3.63) is 70.8 Å². The van der Waals surface area contributed by atoms with Crippen LogP contribution in [-0.2, 0) is 9.53 Å². The molecule has 39 heavy (non-hydrogen) atoms. The van der Waals surface area contributed by atoms with Gasteiger partial charge in [-0.25, -0.2) is 9.59 Å². The zero-order valence-electron chi connectivity index (χ0n) is 20.9. The Morgan fingerprint density at radius 3 is 2.23 bits per heavy atom. The van der Waals surface area contributed by atoms with E-state index in [1.807, 2.05) is 0 Å². The number of aromatic carboxylic acids is 1. The van der Waals surface area contributed by atoms with E-state index in [2.05, 4.69) is 15.4 Å². The lowest BCUT2D eigenvalue weighted by Crippen LogP contribution is -2.24. The largest absolute Gasteiger partial charge is 0.507 e. The minimum Gasteiger partial charge on any atom is -0.507 e. The lowest BCUT2D eigenvalue weighted by molar-refractivity contribution is -0.110. The Labute approximate surface area is 221 Å². The van der Waals surface area contributed by atoms with E-state index in [1.54, 1.807) is 6.07 Å². The first-order valence-corrected chi connectivity index (χ1v) is 11.1. The number of carbonyl (C=O) groups excluding carboxylic acids is 3. The third-order valence-corrected chi connectivity index (χ3v) is 5.56. The molecule has 3 aromatic carbocycles. The number of carbonyl (C=O) groups is 4. The standard InChI is InChI=1S/C27H22N4O8/c1-13(32)16-11-22(33)20(10-17(16)18-9-15(30-27(37)39-3)5-7-23(18)38-2)24(29)25(34)31-21-6-4-14(12-28)8-19(21)26(35)36/h4-11,29,33H,1-3H3,(H,30,37)(H,31,34)(H,35,36). The molecule has 0 spiro atoms. The normalized spacial score (nSPS) is 10.1. The van der Waals surface area contributed by atoms with Gasteiger partial charge < -0.3 is 25.0 Å². The summed E-state index contributed by atoms with van der Waals surface area (Å²) in [6.07, 6.45) is -0.744. The Hall–Kier alpha value is -5.70. The molecule has 0 aromatic heterocycles. The molecule has 198 valence electrons. The third-order valence-electron chi connectivity index (χ3n) is 5.56. The van der Waals surface area contributed by atoms with Gasteiger partial charge in [0.1, 0.15) is 17.2 Å². The van der Waals surface area contributed by atoms with Crippen LogP contribution in [0.5, 0.6) is 11.5 Å². The van der Waals surface area contributed by atoms with Crippen molar-refractivity contribution < 1.29 is 38.9 Å². The number of ketones is 1. The number of rotatable bonds is 8. The number of phenols is 1. The SMILES string of the molecule is COC(=O)Nc1ccc(OC)c(-c2cc(C(=N)C(=O)Nc3ccc(C#N)cc3C(=O)O)c(O)cc2C(C)=O)c1. The summed E-state index contributed by atoms with van der Waals surface area (Å²) in [6, 6.07) is 12.3. The van der Waals surface area contributed by atoms with Crippen LogP contribution in [0.2, 0.25) is 0 Å². The quantitative estimate of drug-likeness (QED) is 0.211. The van der Waals surface area contributed by atoms with Crippen LogP contribution in [0.3, 0.4) is 0 Å². The zero-order valence-corrected chi connectivity index (χ0v) is 20.9. The number of aromatic hydroxyl groups is 1. The molecule has 3 rings (SSSR count). The molecule has 0 aliphatic heterocycles. The molecular weight excluding hydrogens is 508 g/mol. The highest BCUT2D eigenvalue weighted by Crippen LogP contribution is 2.38. The topological polar surface area (TPSA) is 199 Å². The smallest absolute Gasteiger partial charge is 0.411 e. The molecule has 2 amide bonds. The average Bonchev–Trinajstić information content (AvgIpc) is 2.92. The molecule has 0 radical (unpaired) electrons. The maximum absolute atomic E-state index is 12.9. The summed E-state index contributed by atoms with van der Waals surface area (Å²) in [5, 5.41) is 42.3. The van der Waals surface area contributed by atoms with Gasteiger partial charge in [-0.05, 0) is 61.0 Å². The van der Waals surface area contributed by atoms with Crippen molar-refractivity contribution in [2.24, 2.45) is 0 Å². The van der Waals surface area contributed by atoms with E-state index >= 15 is 0 Å². The molecule has 0 atom stereocenters. The molecule has 5 N–H and O–H groups in total. The number of carboxylic acids is 1. The van der Waals surface area contributed by atoms with Crippen molar-refractivity contribution in [2.45, 2.75) is 6.92 Å². The van der Waals surface area contributed by atoms with Crippen molar-refractivity contribution in [2.75, 3.05) is 24.9 Å². The van der Waals surface area contributed by atoms with E-state index in [-0.39, 0.29) is 44.9 Å². The molecule has 0 fully saturated rings. The van der Waals surface area contributed by atoms with Gasteiger partial charge in [-0.15, -0.1) is 0 Å². The molecule has 0 aliphatic rings. The number of amides is 2. The fraction of sp³-hybridized carbons (Fsp3) is 0.111. The van der Waals surface area contributed by atoms with Crippen LogP contribution in [0.1, 0.15) is 38.8 Å². The number of nitriles is 1. The van der Waals surface area contributed by atoms with Gasteiger partial charge in [-0.3, -0.25) is 20.3 Å². The third kappa shape index (κ3) is 6.00. The van der Waals surface area contributed by atoms with E-state index in [1.165, 1.54) is 57.5 Å². The number of hydrogen-bond donors (Lipinski definition) is 5. The minimum atomic E-state index is -1.41. The van der Waals surface area contributed by atoms with Gasteiger partial charge >= 0.3 is 12.1 Å². The fourth-order valence-electron chi connectivity index (χ4n) is 3.67. The highest BCUT2D eigenvalue weighted by molar-refractivity contribution is 6.48. The Morgan fingerprint density at radius 2 is 1.64 bits per heavy atom. The van der Waals surface area contributed by atoms with E-state index in [0.717, 1.165) is 12.1 Å². The number of phenolic OH excluding ortho intramolecular Hbond substituents is 1. The van der Waals surface area contributed by atoms with Crippen LogP contribution >= 0.6 is 0 Å². The molecule has 3 aromatic rings. The van der Waals surface area contributed by atoms with Gasteiger partial charge in [-0.2, -0.15) is 5.26 Å². The van der Waals surface area contributed by atoms with E-state index in [4.69, 9.17) is 15.4 Å². The molecule has 0 unspecified atom stereocenters. The van der Waals surface area contributed by atoms with Crippen molar-refractivity contribution in [1.29, 1.82) is 10.7 Å². The number of anilines is 2. The minimum absolute atomic E-state index is 0.0400. The van der Waals surface area contributed by atoms with Crippen LogP contribution in [0.4, 0.5) is 16.2 Å². The Bertz CT molecular complexity index is 1570. The number of Topliss-reactive ketones (excluding diaryl/α,β-unsaturated/α-hetero) is 1. The van der Waals surface area contributed by atoms with E-state index in [9.17, 15) is 29.4 Å². The Balaban J connectivity index is 2.10. The summed E-state index contributed by atoms with van der Waals surface area (Å²) >= 11 is 0. The molecule has 0 saturated carbocycles. The molecule has 12 nitrogen and oxygen atoms in total. The summed E-state index contributed by atoms with van der Waals surface area (Å²) in [4.78, 5) is 48.7. The summed E-state index contributed by atoms with van der Waals surface area (Å²) in [7, 11) is 2.57. The highest BCUT2D eigenvalue weighted by atomic mass is 16.5. The lowest BCUT2D eigenvalue weighted by atomic mass is 9.92. The summed E-state index contributed by atoms with van der Waals surface area (Å²) in [6.45, 7) is 1.26. The van der Waals surface area contributed by atoms with Crippen LogP contribution in [0.15, 0.2) is 48.5 Å². The molecular formula is C27H22N4O8. The average molecular weight is 530 g/mol. The monoisotopic (exact) mass is 530 g/mol. The first kappa shape index (κ1) is 27.9. The maximum Gasteiger partial charge on any atom is 0.411 e. The van der Waals surface area contributed by atoms with Gasteiger partial charge in [0.2, 0.25) is 0 Å². The second-order valence-corrected chi connectivity index (χ2v) is 8.01. The molecule has 0 saturated heterocycles. The van der Waals surface area contributed by atoms with Crippen molar-refractivity contribution in [3.8, 4) is 28.7 Å². The van der Waals surface area contributed by atoms with Gasteiger partial charge in [-0.1, -0.05) is 0 Å². The molecule has 0 bridgehead atoms. The van der Waals surface area contributed by atoms with Crippen LogP contribution in [0.25, 0.3) is 11.1 Å². The van der Waals surface area contributed by atoms with Crippen molar-refractivity contribution >= 4 is 40.8 Å². The highest BCUT2D eigenvalue weighted by Gasteiger charge is 2.24. The van der Waals surface area contributed by atoms with E-state index < -0.39 is 35.2 Å². The first-order chi connectivity index (χ1) is 18.5. The van der Waals surface area contributed by atoms with Crippen molar-refractivity contribution in [1.82, 2.24) is 0 Å². The van der Waals surface area contributed by atoms with E-state index in [0.29, 0.717) is 5.56 Å². The van der Waals surface area contributed by atoms with Crippen LogP contribution < -0.4 is 15.4 Å². The van der Waals surface area contributed by atoms with Gasteiger partial charge in [0.05, 0.1) is 37.1 Å². The predicted molar refractivity (Wildman–Crippen MR) is 140 cm³/mol. The van der Waals surface area contributed by atoms with Gasteiger partial charge in [0.15, 0.2) is 5.78 Å². The first-order valence-electron chi connectivity index (χ1n) is 11.1. The number of ether oxygens (including phenoxy) is 2. The number of carboxylic acid groups (broad SMARTS) is 1. The Morgan fingerprint density at radius 1 is 0.923 bits per heavy atom. The summed E-state index contributed by atoms with van der Waals surface area (Å²) in [5.74, 6) is -3.18. The number of nitrogens with zero attached hydrogens (tertiary/aromatic N) is 1. The van der Waals surface area contributed by atoms with Crippen LogP contribution in [-0.4, -0.2) is 53.9 Å². The maximum atomic E-state index is 12.9.